The second-order valence-corrected chi connectivity index (χ2v) is 8.18. The summed E-state index contributed by atoms with van der Waals surface area (Å²) in [4.78, 5) is 28.9. The van der Waals surface area contributed by atoms with Crippen molar-refractivity contribution in [2.45, 2.75) is 65.0 Å². The number of likely N-dealkylation sites (tertiary alicyclic amines) is 2. The van der Waals surface area contributed by atoms with Gasteiger partial charge in [0.05, 0.1) is 12.6 Å². The van der Waals surface area contributed by atoms with Gasteiger partial charge in [-0.15, -0.1) is 0 Å². The molecule has 2 fully saturated rings. The number of nitrogens with two attached hydrogens (primary N) is 1. The van der Waals surface area contributed by atoms with Crippen molar-refractivity contribution in [1.82, 2.24) is 15.1 Å². The standard InChI is InChI=1S/C19H36N4O2/c1-14(2)18(20)19(25)21-11-17(24)23-10-6-8-16(13-23)12-22-9-5-4-7-15(22)3/h14-16,18H,4-13,20H2,1-3H3,(H,21,25)/t15?,16?,18-/m0/s1. The van der Waals surface area contributed by atoms with Gasteiger partial charge in [0, 0.05) is 25.7 Å². The maximum Gasteiger partial charge on any atom is 0.241 e. The average molecular weight is 353 g/mol. The molecule has 0 aliphatic carbocycles. The minimum atomic E-state index is -0.553. The van der Waals surface area contributed by atoms with Crippen LogP contribution in [0.5, 0.6) is 0 Å². The number of amides is 2. The Bertz CT molecular complexity index is 455. The molecule has 0 radical (unpaired) electrons. The number of nitrogens with one attached hydrogen (secondary N) is 1. The molecular weight excluding hydrogens is 316 g/mol. The first-order valence-corrected chi connectivity index (χ1v) is 9.93. The molecule has 2 heterocycles. The third kappa shape index (κ3) is 5.96. The van der Waals surface area contributed by atoms with E-state index in [1.165, 1.54) is 32.2 Å². The fourth-order valence-corrected chi connectivity index (χ4v) is 3.90. The third-order valence-electron chi connectivity index (χ3n) is 5.74. The van der Waals surface area contributed by atoms with Gasteiger partial charge in [0.15, 0.2) is 0 Å². The highest BCUT2D eigenvalue weighted by Gasteiger charge is 2.28. The van der Waals surface area contributed by atoms with Crippen LogP contribution in [-0.2, 0) is 9.59 Å². The lowest BCUT2D eigenvalue weighted by atomic mass is 9.94. The molecule has 2 aliphatic rings. The summed E-state index contributed by atoms with van der Waals surface area (Å²) in [6.07, 6.45) is 6.17. The maximum atomic E-state index is 12.5. The van der Waals surface area contributed by atoms with E-state index in [1.54, 1.807) is 0 Å². The molecule has 0 aromatic heterocycles. The molecule has 0 bridgehead atoms. The number of hydrogen-bond acceptors (Lipinski definition) is 4. The molecule has 2 unspecified atom stereocenters. The summed E-state index contributed by atoms with van der Waals surface area (Å²) < 4.78 is 0. The SMILES string of the molecule is CC(C)[C@H](N)C(=O)NCC(=O)N1CCCC(CN2CCCCC2C)C1. The van der Waals surface area contributed by atoms with Crippen LogP contribution in [0.1, 0.15) is 52.9 Å². The molecule has 0 aromatic carbocycles. The van der Waals surface area contributed by atoms with Crippen molar-refractivity contribution in [3.63, 3.8) is 0 Å². The summed E-state index contributed by atoms with van der Waals surface area (Å²) in [6.45, 7) is 10.1. The normalized spacial score (nSPS) is 26.5. The Kier molecular flexibility index (Phi) is 7.69. The quantitative estimate of drug-likeness (QED) is 0.753. The van der Waals surface area contributed by atoms with Gasteiger partial charge in [-0.2, -0.15) is 0 Å². The first-order valence-electron chi connectivity index (χ1n) is 9.93. The summed E-state index contributed by atoms with van der Waals surface area (Å²) in [5.41, 5.74) is 5.82. The topological polar surface area (TPSA) is 78.7 Å². The van der Waals surface area contributed by atoms with Gasteiger partial charge >= 0.3 is 0 Å². The van der Waals surface area contributed by atoms with Gasteiger partial charge in [0.2, 0.25) is 11.8 Å². The molecule has 25 heavy (non-hydrogen) atoms. The lowest BCUT2D eigenvalue weighted by Gasteiger charge is -2.39. The predicted octanol–water partition coefficient (Wildman–Crippen LogP) is 1.20. The highest BCUT2D eigenvalue weighted by Crippen LogP contribution is 2.22. The van der Waals surface area contributed by atoms with E-state index in [4.69, 9.17) is 5.73 Å². The van der Waals surface area contributed by atoms with Crippen molar-refractivity contribution < 1.29 is 9.59 Å². The van der Waals surface area contributed by atoms with Crippen LogP contribution in [0, 0.1) is 11.8 Å². The molecule has 0 spiro atoms. The highest BCUT2D eigenvalue weighted by atomic mass is 16.2. The Morgan fingerprint density at radius 1 is 1.16 bits per heavy atom. The van der Waals surface area contributed by atoms with Gasteiger partial charge in [-0.1, -0.05) is 20.3 Å². The molecular formula is C19H36N4O2. The Morgan fingerprint density at radius 3 is 2.60 bits per heavy atom. The van der Waals surface area contributed by atoms with Crippen molar-refractivity contribution in [3.05, 3.63) is 0 Å². The van der Waals surface area contributed by atoms with Crippen molar-refractivity contribution in [2.24, 2.45) is 17.6 Å². The monoisotopic (exact) mass is 352 g/mol. The smallest absolute Gasteiger partial charge is 0.241 e. The zero-order valence-electron chi connectivity index (χ0n) is 16.2. The van der Waals surface area contributed by atoms with E-state index >= 15 is 0 Å². The van der Waals surface area contributed by atoms with Gasteiger partial charge in [0.1, 0.15) is 0 Å². The van der Waals surface area contributed by atoms with Crippen LogP contribution in [-0.4, -0.2) is 66.4 Å². The van der Waals surface area contributed by atoms with Gasteiger partial charge in [-0.05, 0) is 51.0 Å². The van der Waals surface area contributed by atoms with Crippen molar-refractivity contribution in [2.75, 3.05) is 32.7 Å². The first kappa shape index (κ1) is 20.2. The number of hydrogen-bond donors (Lipinski definition) is 2. The van der Waals surface area contributed by atoms with Gasteiger partial charge in [0.25, 0.3) is 0 Å². The number of nitrogens with zero attached hydrogens (tertiary/aromatic N) is 2. The Hall–Kier alpha value is -1.14. The molecule has 2 rings (SSSR count). The number of rotatable bonds is 6. The second kappa shape index (κ2) is 9.53. The van der Waals surface area contributed by atoms with E-state index in [1.807, 2.05) is 18.7 Å². The summed E-state index contributed by atoms with van der Waals surface area (Å²) >= 11 is 0. The summed E-state index contributed by atoms with van der Waals surface area (Å²) in [6, 6.07) is 0.110. The molecule has 144 valence electrons. The van der Waals surface area contributed by atoms with Crippen molar-refractivity contribution in [1.29, 1.82) is 0 Å². The van der Waals surface area contributed by atoms with Crippen LogP contribution in [0.25, 0.3) is 0 Å². The van der Waals surface area contributed by atoms with Crippen molar-refractivity contribution >= 4 is 11.8 Å². The zero-order chi connectivity index (χ0) is 18.4. The molecule has 2 amide bonds. The third-order valence-corrected chi connectivity index (χ3v) is 5.74. The van der Waals surface area contributed by atoms with Gasteiger partial charge in [-0.3, -0.25) is 9.59 Å². The summed E-state index contributed by atoms with van der Waals surface area (Å²) in [5, 5.41) is 2.70. The number of carbonyl (C=O) groups excluding carboxylic acids is 2. The number of carbonyl (C=O) groups is 2. The van der Waals surface area contributed by atoms with E-state index in [-0.39, 0.29) is 24.3 Å². The van der Waals surface area contributed by atoms with Crippen LogP contribution < -0.4 is 11.1 Å². The molecule has 6 heteroatoms. The lowest BCUT2D eigenvalue weighted by Crippen LogP contribution is -2.51. The van der Waals surface area contributed by atoms with E-state index in [2.05, 4.69) is 17.1 Å². The molecule has 6 nitrogen and oxygen atoms in total. The minimum Gasteiger partial charge on any atom is -0.346 e. The molecule has 2 saturated heterocycles. The first-order chi connectivity index (χ1) is 11.9. The average Bonchev–Trinajstić information content (AvgIpc) is 2.60. The predicted molar refractivity (Wildman–Crippen MR) is 100 cm³/mol. The fraction of sp³-hybridized carbons (Fsp3) is 0.895. The zero-order valence-corrected chi connectivity index (χ0v) is 16.2. The molecule has 3 N–H and O–H groups in total. The molecule has 0 aromatic rings. The second-order valence-electron chi connectivity index (χ2n) is 8.18. The summed E-state index contributed by atoms with van der Waals surface area (Å²) in [7, 11) is 0. The molecule has 0 saturated carbocycles. The Morgan fingerprint density at radius 2 is 1.92 bits per heavy atom. The lowest BCUT2D eigenvalue weighted by molar-refractivity contribution is -0.135. The van der Waals surface area contributed by atoms with Crippen LogP contribution in [0.2, 0.25) is 0 Å². The fourth-order valence-electron chi connectivity index (χ4n) is 3.90. The van der Waals surface area contributed by atoms with Crippen LogP contribution in [0.15, 0.2) is 0 Å². The van der Waals surface area contributed by atoms with Crippen molar-refractivity contribution in [3.8, 4) is 0 Å². The largest absolute Gasteiger partial charge is 0.346 e. The number of piperidine rings is 2. The van der Waals surface area contributed by atoms with Gasteiger partial charge in [-0.25, -0.2) is 0 Å². The van der Waals surface area contributed by atoms with E-state index in [0.717, 1.165) is 26.1 Å². The highest BCUT2D eigenvalue weighted by molar-refractivity contribution is 5.87. The Labute approximate surface area is 152 Å². The van der Waals surface area contributed by atoms with E-state index in [0.29, 0.717) is 12.0 Å². The van der Waals surface area contributed by atoms with Crippen LogP contribution in [0.4, 0.5) is 0 Å². The van der Waals surface area contributed by atoms with Crippen LogP contribution >= 0.6 is 0 Å². The van der Waals surface area contributed by atoms with Crippen LogP contribution in [0.3, 0.4) is 0 Å². The Balaban J connectivity index is 1.77. The molecule has 3 atom stereocenters. The minimum absolute atomic E-state index is 0.0145. The van der Waals surface area contributed by atoms with E-state index in [9.17, 15) is 9.59 Å². The summed E-state index contributed by atoms with van der Waals surface area (Å²) in [5.74, 6) is 0.396. The van der Waals surface area contributed by atoms with E-state index < -0.39 is 6.04 Å². The van der Waals surface area contributed by atoms with Gasteiger partial charge < -0.3 is 20.9 Å². The molecule has 2 aliphatic heterocycles. The maximum absolute atomic E-state index is 12.5.